The van der Waals surface area contributed by atoms with Gasteiger partial charge in [-0.3, -0.25) is 9.59 Å². The minimum Gasteiger partial charge on any atom is -0.469 e. The van der Waals surface area contributed by atoms with Crippen molar-refractivity contribution >= 4 is 32.9 Å². The van der Waals surface area contributed by atoms with E-state index in [9.17, 15) is 18.0 Å². The molecule has 94 valence electrons. The van der Waals surface area contributed by atoms with Crippen LogP contribution in [0.4, 0.5) is 0 Å². The molecule has 0 unspecified atom stereocenters. The highest BCUT2D eigenvalue weighted by atomic mass is 32.2. The van der Waals surface area contributed by atoms with Crippen LogP contribution in [0.3, 0.4) is 0 Å². The molecule has 0 spiro atoms. The van der Waals surface area contributed by atoms with Gasteiger partial charge < -0.3 is 4.74 Å². The average Bonchev–Trinajstić information content (AvgIpc) is 2.63. The minimum atomic E-state index is -3.32. The summed E-state index contributed by atoms with van der Waals surface area (Å²) in [5.74, 6) is -1.35. The van der Waals surface area contributed by atoms with Crippen molar-refractivity contribution in [1.29, 1.82) is 0 Å². The maximum atomic E-state index is 11.5. The zero-order chi connectivity index (χ0) is 13.1. The lowest BCUT2D eigenvalue weighted by atomic mass is 10.3. The molecule has 1 heterocycles. The number of carbonyl (C=O) groups is 2. The van der Waals surface area contributed by atoms with E-state index in [0.717, 1.165) is 17.6 Å². The second kappa shape index (κ2) is 5.42. The van der Waals surface area contributed by atoms with Crippen molar-refractivity contribution in [3.05, 3.63) is 21.9 Å². The maximum absolute atomic E-state index is 11.5. The van der Waals surface area contributed by atoms with E-state index in [4.69, 9.17) is 0 Å². The molecule has 7 heteroatoms. The van der Waals surface area contributed by atoms with Crippen molar-refractivity contribution < 1.29 is 22.7 Å². The van der Waals surface area contributed by atoms with Gasteiger partial charge in [0.2, 0.25) is 0 Å². The Morgan fingerprint density at radius 3 is 2.53 bits per heavy atom. The largest absolute Gasteiger partial charge is 0.469 e. The van der Waals surface area contributed by atoms with Crippen LogP contribution in [-0.2, 0) is 25.8 Å². The Labute approximate surface area is 103 Å². The van der Waals surface area contributed by atoms with Gasteiger partial charge >= 0.3 is 5.97 Å². The standard InChI is InChI=1S/C10H12O5S2/c1-15-10(12)5-7-3-4-9(16-7)8(11)6-17(2,13)14/h3-4H,5-6H2,1-2H3. The zero-order valence-corrected chi connectivity index (χ0v) is 11.1. The molecule has 0 aliphatic heterocycles. The SMILES string of the molecule is COC(=O)Cc1ccc(C(=O)CS(C)(=O)=O)s1. The summed E-state index contributed by atoms with van der Waals surface area (Å²) in [5.41, 5.74) is 0. The first-order chi connectivity index (χ1) is 7.81. The summed E-state index contributed by atoms with van der Waals surface area (Å²) in [5, 5.41) is 0. The lowest BCUT2D eigenvalue weighted by Gasteiger charge is -1.96. The fourth-order valence-corrected chi connectivity index (χ4v) is 2.80. The van der Waals surface area contributed by atoms with Crippen LogP contribution in [0.1, 0.15) is 14.5 Å². The van der Waals surface area contributed by atoms with E-state index in [1.54, 1.807) is 6.07 Å². The molecule has 0 aliphatic rings. The molecule has 0 saturated carbocycles. The number of sulfone groups is 1. The van der Waals surface area contributed by atoms with Crippen molar-refractivity contribution in [2.45, 2.75) is 6.42 Å². The Balaban J connectivity index is 2.74. The Kier molecular flexibility index (Phi) is 4.41. The van der Waals surface area contributed by atoms with E-state index in [-0.39, 0.29) is 6.42 Å². The fourth-order valence-electron chi connectivity index (χ4n) is 1.15. The number of esters is 1. The topological polar surface area (TPSA) is 77.5 Å². The smallest absolute Gasteiger partial charge is 0.310 e. The first-order valence-corrected chi connectivity index (χ1v) is 7.56. The van der Waals surface area contributed by atoms with Crippen LogP contribution in [0, 0.1) is 0 Å². The molecular weight excluding hydrogens is 264 g/mol. The second-order valence-corrected chi connectivity index (χ2v) is 6.82. The highest BCUT2D eigenvalue weighted by Crippen LogP contribution is 2.18. The van der Waals surface area contributed by atoms with Crippen LogP contribution in [0.2, 0.25) is 0 Å². The van der Waals surface area contributed by atoms with E-state index < -0.39 is 27.3 Å². The van der Waals surface area contributed by atoms with Gasteiger partial charge in [0, 0.05) is 11.1 Å². The number of rotatable bonds is 5. The summed E-state index contributed by atoms with van der Waals surface area (Å²) < 4.78 is 26.4. The lowest BCUT2D eigenvalue weighted by molar-refractivity contribution is -0.139. The molecule has 0 aliphatic carbocycles. The molecule has 0 amide bonds. The molecule has 5 nitrogen and oxygen atoms in total. The van der Waals surface area contributed by atoms with E-state index >= 15 is 0 Å². The molecular formula is C10H12O5S2. The number of carbonyl (C=O) groups excluding carboxylic acids is 2. The van der Waals surface area contributed by atoms with Crippen LogP contribution < -0.4 is 0 Å². The molecule has 0 bridgehead atoms. The number of methoxy groups -OCH3 is 1. The number of Topliss-reactive ketones (excluding diaryl/α,β-unsaturated/α-hetero) is 1. The Morgan fingerprint density at radius 1 is 1.35 bits per heavy atom. The predicted octanol–water partition coefficient (Wildman–Crippen LogP) is 0.691. The Morgan fingerprint density at radius 2 is 2.00 bits per heavy atom. The normalized spacial score (nSPS) is 11.2. The van der Waals surface area contributed by atoms with Crippen LogP contribution in [-0.4, -0.2) is 39.3 Å². The third-order valence-electron chi connectivity index (χ3n) is 1.88. The van der Waals surface area contributed by atoms with Gasteiger partial charge in [0.1, 0.15) is 5.75 Å². The molecule has 1 rings (SSSR count). The van der Waals surface area contributed by atoms with Crippen LogP contribution in [0.5, 0.6) is 0 Å². The molecule has 1 aromatic rings. The zero-order valence-electron chi connectivity index (χ0n) is 9.43. The Bertz CT molecular complexity index is 527. The molecule has 0 radical (unpaired) electrons. The predicted molar refractivity (Wildman–Crippen MR) is 64.1 cm³/mol. The van der Waals surface area contributed by atoms with Crippen molar-refractivity contribution in [3.63, 3.8) is 0 Å². The summed E-state index contributed by atoms with van der Waals surface area (Å²) in [6, 6.07) is 3.15. The number of ketones is 1. The van der Waals surface area contributed by atoms with E-state index in [1.807, 2.05) is 0 Å². The van der Waals surface area contributed by atoms with E-state index in [1.165, 1.54) is 13.2 Å². The summed E-state index contributed by atoms with van der Waals surface area (Å²) in [6.45, 7) is 0. The Hall–Kier alpha value is -1.21. The number of ether oxygens (including phenoxy) is 1. The molecule has 0 atom stereocenters. The minimum absolute atomic E-state index is 0.0906. The molecule has 1 aromatic heterocycles. The highest BCUT2D eigenvalue weighted by molar-refractivity contribution is 7.91. The lowest BCUT2D eigenvalue weighted by Crippen LogP contribution is -2.13. The van der Waals surface area contributed by atoms with E-state index in [2.05, 4.69) is 4.74 Å². The first kappa shape index (κ1) is 13.9. The number of hydrogen-bond acceptors (Lipinski definition) is 6. The summed E-state index contributed by atoms with van der Waals surface area (Å²) in [6.07, 6.45) is 1.10. The first-order valence-electron chi connectivity index (χ1n) is 4.68. The monoisotopic (exact) mass is 276 g/mol. The van der Waals surface area contributed by atoms with Gasteiger partial charge in [0.15, 0.2) is 15.6 Å². The van der Waals surface area contributed by atoms with Crippen LogP contribution in [0.25, 0.3) is 0 Å². The van der Waals surface area contributed by atoms with Crippen molar-refractivity contribution in [3.8, 4) is 0 Å². The van der Waals surface area contributed by atoms with Gasteiger partial charge in [0.25, 0.3) is 0 Å². The van der Waals surface area contributed by atoms with Gasteiger partial charge in [-0.2, -0.15) is 0 Å². The van der Waals surface area contributed by atoms with Gasteiger partial charge in [-0.05, 0) is 12.1 Å². The quantitative estimate of drug-likeness (QED) is 0.584. The summed E-state index contributed by atoms with van der Waals surface area (Å²) in [7, 11) is -2.04. The summed E-state index contributed by atoms with van der Waals surface area (Å²) >= 11 is 1.11. The fraction of sp³-hybridized carbons (Fsp3) is 0.400. The van der Waals surface area contributed by atoms with Crippen molar-refractivity contribution in [1.82, 2.24) is 0 Å². The third kappa shape index (κ3) is 4.66. The van der Waals surface area contributed by atoms with E-state index in [0.29, 0.717) is 9.75 Å². The highest BCUT2D eigenvalue weighted by Gasteiger charge is 2.16. The molecule has 0 N–H and O–H groups in total. The van der Waals surface area contributed by atoms with Crippen LogP contribution in [0.15, 0.2) is 12.1 Å². The maximum Gasteiger partial charge on any atom is 0.310 e. The van der Waals surface area contributed by atoms with Crippen LogP contribution >= 0.6 is 11.3 Å². The second-order valence-electron chi connectivity index (χ2n) is 3.51. The number of hydrogen-bond donors (Lipinski definition) is 0. The third-order valence-corrected chi connectivity index (χ3v) is 3.79. The van der Waals surface area contributed by atoms with Gasteiger partial charge in [-0.1, -0.05) is 0 Å². The molecule has 0 fully saturated rings. The van der Waals surface area contributed by atoms with Gasteiger partial charge in [-0.25, -0.2) is 8.42 Å². The van der Waals surface area contributed by atoms with Crippen molar-refractivity contribution in [2.24, 2.45) is 0 Å². The molecule has 0 aromatic carbocycles. The average molecular weight is 276 g/mol. The molecule has 17 heavy (non-hydrogen) atoms. The number of thiophene rings is 1. The van der Waals surface area contributed by atoms with Gasteiger partial charge in [-0.15, -0.1) is 11.3 Å². The van der Waals surface area contributed by atoms with Gasteiger partial charge in [0.05, 0.1) is 18.4 Å². The van der Waals surface area contributed by atoms with Crippen molar-refractivity contribution in [2.75, 3.05) is 19.1 Å². The summed E-state index contributed by atoms with van der Waals surface area (Å²) in [4.78, 5) is 23.6. The molecule has 0 saturated heterocycles.